The van der Waals surface area contributed by atoms with Gasteiger partial charge in [0.1, 0.15) is 12.3 Å². The molecule has 3 atom stereocenters. The lowest BCUT2D eigenvalue weighted by Gasteiger charge is -2.15. The Hall–Kier alpha value is -1.51. The number of ether oxygens (including phenoxy) is 1. The molecule has 1 aliphatic heterocycles. The van der Waals surface area contributed by atoms with Crippen LogP contribution in [0.5, 0.6) is 0 Å². The summed E-state index contributed by atoms with van der Waals surface area (Å²) in [4.78, 5) is 22.2. The summed E-state index contributed by atoms with van der Waals surface area (Å²) in [5.74, 6) is 0. The molecule has 1 aromatic rings. The van der Waals surface area contributed by atoms with Crippen molar-refractivity contribution >= 4 is 0 Å². The van der Waals surface area contributed by atoms with Gasteiger partial charge in [-0.1, -0.05) is 9.27 Å². The van der Waals surface area contributed by atoms with Gasteiger partial charge in [0.15, 0.2) is 0 Å². The maximum Gasteiger partial charge on any atom is 0.362 e. The second-order valence-corrected chi connectivity index (χ2v) is 4.20. The summed E-state index contributed by atoms with van der Waals surface area (Å²) >= 11 is 0. The quantitative estimate of drug-likeness (QED) is 0.688. The molecule has 1 aliphatic rings. The van der Waals surface area contributed by atoms with Crippen molar-refractivity contribution in [2.45, 2.75) is 31.8 Å². The molecule has 8 heteroatoms. The van der Waals surface area contributed by atoms with Crippen molar-refractivity contribution in [3.8, 4) is 0 Å². The van der Waals surface area contributed by atoms with Crippen molar-refractivity contribution in [1.82, 2.24) is 9.36 Å². The third-order valence-electron chi connectivity index (χ3n) is 2.93. The highest BCUT2D eigenvalue weighted by Gasteiger charge is 2.35. The van der Waals surface area contributed by atoms with Crippen LogP contribution in [0.3, 0.4) is 0 Å². The Labute approximate surface area is 101 Å². The zero-order valence-corrected chi connectivity index (χ0v) is 9.62. The smallest absolute Gasteiger partial charge is 0.362 e. The van der Waals surface area contributed by atoms with Gasteiger partial charge in [0.2, 0.25) is 0 Å². The average Bonchev–Trinajstić information content (AvgIpc) is 2.72. The van der Waals surface area contributed by atoms with Gasteiger partial charge in [-0.3, -0.25) is 9.36 Å². The molecule has 1 saturated heterocycles. The van der Waals surface area contributed by atoms with E-state index in [2.05, 4.69) is 0 Å². The standard InChI is InChI=1S/C10H13FN2O5/c1-5-3-12(10(17)13(11)9(5)16)8-2-6(15)7(4-14)18-8/h3,6-8,14-15H,2,4H2,1H3/t6-,7+,8+/m0/s1. The highest BCUT2D eigenvalue weighted by Crippen LogP contribution is 2.27. The van der Waals surface area contributed by atoms with Crippen molar-refractivity contribution in [3.05, 3.63) is 32.6 Å². The topological polar surface area (TPSA) is 93.7 Å². The second kappa shape index (κ2) is 4.63. The molecule has 0 radical (unpaired) electrons. The molecule has 0 unspecified atom stereocenters. The lowest BCUT2D eigenvalue weighted by Crippen LogP contribution is -2.38. The van der Waals surface area contributed by atoms with Crippen LogP contribution < -0.4 is 11.2 Å². The normalized spacial score (nSPS) is 27.7. The minimum absolute atomic E-state index is 0.0441. The molecule has 100 valence electrons. The van der Waals surface area contributed by atoms with E-state index in [1.807, 2.05) is 0 Å². The van der Waals surface area contributed by atoms with E-state index < -0.39 is 41.1 Å². The number of aliphatic hydroxyl groups excluding tert-OH is 2. The van der Waals surface area contributed by atoms with Gasteiger partial charge >= 0.3 is 5.69 Å². The molecule has 1 aromatic heterocycles. The van der Waals surface area contributed by atoms with E-state index in [1.165, 1.54) is 13.1 Å². The van der Waals surface area contributed by atoms with Crippen LogP contribution in [0.2, 0.25) is 0 Å². The number of nitrogens with zero attached hydrogens (tertiary/aromatic N) is 2. The Bertz CT molecular complexity index is 566. The summed E-state index contributed by atoms with van der Waals surface area (Å²) in [6.07, 6.45) is -1.43. The number of aromatic nitrogens is 2. The van der Waals surface area contributed by atoms with E-state index in [9.17, 15) is 19.2 Å². The van der Waals surface area contributed by atoms with Crippen LogP contribution in [0.1, 0.15) is 18.2 Å². The minimum Gasteiger partial charge on any atom is -0.394 e. The van der Waals surface area contributed by atoms with E-state index in [1.54, 1.807) is 0 Å². The number of aliphatic hydroxyl groups is 2. The highest BCUT2D eigenvalue weighted by molar-refractivity contribution is 5.02. The van der Waals surface area contributed by atoms with Crippen molar-refractivity contribution in [3.63, 3.8) is 0 Å². The van der Waals surface area contributed by atoms with E-state index in [4.69, 9.17) is 9.84 Å². The van der Waals surface area contributed by atoms with Gasteiger partial charge in [0.05, 0.1) is 12.7 Å². The fraction of sp³-hybridized carbons (Fsp3) is 0.600. The van der Waals surface area contributed by atoms with Gasteiger partial charge in [-0.05, 0) is 6.92 Å². The third kappa shape index (κ3) is 1.98. The molecular formula is C10H13FN2O5. The first-order valence-electron chi connectivity index (χ1n) is 5.41. The first-order chi connectivity index (χ1) is 8.45. The molecule has 0 bridgehead atoms. The molecular weight excluding hydrogens is 247 g/mol. The lowest BCUT2D eigenvalue weighted by molar-refractivity contribution is -0.0470. The molecule has 7 nitrogen and oxygen atoms in total. The predicted molar refractivity (Wildman–Crippen MR) is 57.8 cm³/mol. The molecule has 0 amide bonds. The second-order valence-electron chi connectivity index (χ2n) is 4.20. The molecule has 0 spiro atoms. The molecule has 2 heterocycles. The molecule has 18 heavy (non-hydrogen) atoms. The molecule has 0 aliphatic carbocycles. The van der Waals surface area contributed by atoms with E-state index in [-0.39, 0.29) is 12.0 Å². The third-order valence-corrected chi connectivity index (χ3v) is 2.93. The number of hydrogen-bond donors (Lipinski definition) is 2. The van der Waals surface area contributed by atoms with Gasteiger partial charge in [0.25, 0.3) is 5.56 Å². The monoisotopic (exact) mass is 260 g/mol. The van der Waals surface area contributed by atoms with Crippen molar-refractivity contribution in [1.29, 1.82) is 0 Å². The fourth-order valence-corrected chi connectivity index (χ4v) is 1.92. The van der Waals surface area contributed by atoms with Crippen LogP contribution in [-0.4, -0.2) is 38.4 Å². The van der Waals surface area contributed by atoms with Gasteiger partial charge in [-0.2, -0.15) is 0 Å². The minimum atomic E-state index is -1.17. The van der Waals surface area contributed by atoms with Gasteiger partial charge in [-0.15, -0.1) is 0 Å². The SMILES string of the molecule is Cc1cn([C@H]2C[C@H](O)[C@@H](CO)O2)c(=O)n(F)c1=O. The highest BCUT2D eigenvalue weighted by atomic mass is 19.2. The Morgan fingerprint density at radius 3 is 2.78 bits per heavy atom. The zero-order valence-electron chi connectivity index (χ0n) is 9.62. The number of hydrogen-bond acceptors (Lipinski definition) is 5. The molecule has 0 aromatic carbocycles. The first-order valence-corrected chi connectivity index (χ1v) is 5.41. The van der Waals surface area contributed by atoms with Crippen LogP contribution in [0.25, 0.3) is 0 Å². The Morgan fingerprint density at radius 2 is 2.22 bits per heavy atom. The van der Waals surface area contributed by atoms with Crippen molar-refractivity contribution in [2.24, 2.45) is 0 Å². The van der Waals surface area contributed by atoms with E-state index in [0.29, 0.717) is 0 Å². The van der Waals surface area contributed by atoms with Crippen molar-refractivity contribution < 1.29 is 19.4 Å². The van der Waals surface area contributed by atoms with Crippen molar-refractivity contribution in [2.75, 3.05) is 6.61 Å². The Balaban J connectivity index is 2.42. The number of halogens is 1. The maximum absolute atomic E-state index is 13.3. The molecule has 1 fully saturated rings. The van der Waals surface area contributed by atoms with Crippen LogP contribution in [0.4, 0.5) is 4.48 Å². The average molecular weight is 260 g/mol. The number of rotatable bonds is 2. The Morgan fingerprint density at radius 1 is 1.56 bits per heavy atom. The summed E-state index contributed by atoms with van der Waals surface area (Å²) in [5, 5.41) is 18.5. The summed E-state index contributed by atoms with van der Waals surface area (Å²) in [6.45, 7) is 0.962. The predicted octanol–water partition coefficient (Wildman–Crippen LogP) is -1.31. The van der Waals surface area contributed by atoms with E-state index >= 15 is 0 Å². The van der Waals surface area contributed by atoms with Gasteiger partial charge in [-0.25, -0.2) is 4.79 Å². The van der Waals surface area contributed by atoms with Crippen LogP contribution in [-0.2, 0) is 4.74 Å². The largest absolute Gasteiger partial charge is 0.394 e. The van der Waals surface area contributed by atoms with Crippen LogP contribution >= 0.6 is 0 Å². The maximum atomic E-state index is 13.3. The summed E-state index contributed by atoms with van der Waals surface area (Å²) in [7, 11) is 0. The van der Waals surface area contributed by atoms with Gasteiger partial charge in [0, 0.05) is 18.2 Å². The first kappa shape index (κ1) is 12.9. The number of aryl methyl sites for hydroxylation is 1. The summed E-state index contributed by atoms with van der Waals surface area (Å²) in [6, 6.07) is 0. The summed E-state index contributed by atoms with van der Waals surface area (Å²) in [5.41, 5.74) is -2.14. The summed E-state index contributed by atoms with van der Waals surface area (Å²) < 4.78 is 19.4. The molecule has 0 saturated carbocycles. The zero-order chi connectivity index (χ0) is 13.4. The van der Waals surface area contributed by atoms with Crippen LogP contribution in [0.15, 0.2) is 15.8 Å². The molecule has 2 rings (SSSR count). The van der Waals surface area contributed by atoms with E-state index in [0.717, 1.165) is 4.57 Å². The Kier molecular flexibility index (Phi) is 3.33. The van der Waals surface area contributed by atoms with Crippen LogP contribution in [0, 0.1) is 6.92 Å². The fourth-order valence-electron chi connectivity index (χ4n) is 1.92. The lowest BCUT2D eigenvalue weighted by atomic mass is 10.2. The molecule has 2 N–H and O–H groups in total. The van der Waals surface area contributed by atoms with Gasteiger partial charge < -0.3 is 14.9 Å².